The van der Waals surface area contributed by atoms with Gasteiger partial charge in [-0.3, -0.25) is 4.79 Å². The molecule has 0 N–H and O–H groups in total. The molecule has 2 aromatic rings. The molecule has 0 aromatic heterocycles. The number of carbonyl (C=O) groups excluding carboxylic acids is 1. The van der Waals surface area contributed by atoms with Crippen LogP contribution in [0.1, 0.15) is 104 Å². The van der Waals surface area contributed by atoms with Gasteiger partial charge >= 0.3 is 0 Å². The molecule has 4 unspecified atom stereocenters. The van der Waals surface area contributed by atoms with Crippen molar-refractivity contribution in [1.82, 2.24) is 0 Å². The highest BCUT2D eigenvalue weighted by molar-refractivity contribution is 5.98. The molecule has 2 aromatic carbocycles. The quantitative estimate of drug-likeness (QED) is 0.358. The fraction of sp³-hybridized carbons (Fsp3) is 0.618. The second kappa shape index (κ2) is 11.6. The summed E-state index contributed by atoms with van der Waals surface area (Å²) < 4.78 is 18.5. The third-order valence-corrected chi connectivity index (χ3v) is 9.96. The van der Waals surface area contributed by atoms with Gasteiger partial charge in [-0.1, -0.05) is 88.1 Å². The highest BCUT2D eigenvalue weighted by Crippen LogP contribution is 2.38. The number of ketones is 1. The van der Waals surface area contributed by atoms with Gasteiger partial charge in [-0.15, -0.1) is 0 Å². The van der Waals surface area contributed by atoms with Gasteiger partial charge in [0.25, 0.3) is 0 Å². The van der Waals surface area contributed by atoms with Gasteiger partial charge in [0, 0.05) is 5.56 Å². The van der Waals surface area contributed by atoms with Crippen molar-refractivity contribution in [3.8, 4) is 0 Å². The smallest absolute Gasteiger partial charge is 0.170 e. The molecule has 0 spiro atoms. The third-order valence-electron chi connectivity index (χ3n) is 9.96. The van der Waals surface area contributed by atoms with E-state index in [0.29, 0.717) is 31.7 Å². The Kier molecular flexibility index (Phi) is 8.02. The van der Waals surface area contributed by atoms with Crippen LogP contribution in [0.4, 0.5) is 0 Å². The zero-order chi connectivity index (χ0) is 26.1. The minimum absolute atomic E-state index is 0.131. The van der Waals surface area contributed by atoms with Gasteiger partial charge in [0.05, 0.1) is 31.8 Å². The van der Waals surface area contributed by atoms with Crippen LogP contribution >= 0.6 is 0 Å². The van der Waals surface area contributed by atoms with Crippen LogP contribution in [0.25, 0.3) is 0 Å². The third kappa shape index (κ3) is 5.64. The largest absolute Gasteiger partial charge is 0.372 e. The summed E-state index contributed by atoms with van der Waals surface area (Å²) in [5, 5.41) is 0. The number of fused-ring (bicyclic) bond motifs is 1. The summed E-state index contributed by atoms with van der Waals surface area (Å²) in [6.07, 6.45) is 9.90. The number of hydrogen-bond acceptors (Lipinski definition) is 4. The topological polar surface area (TPSA) is 44.8 Å². The molecule has 38 heavy (non-hydrogen) atoms. The van der Waals surface area contributed by atoms with Crippen LogP contribution in [0.2, 0.25) is 0 Å². The molecule has 0 bridgehead atoms. The van der Waals surface area contributed by atoms with Gasteiger partial charge in [-0.2, -0.15) is 0 Å². The maximum absolute atomic E-state index is 13.4. The Hall–Kier alpha value is -2.01. The van der Waals surface area contributed by atoms with E-state index in [-0.39, 0.29) is 30.0 Å². The number of Topliss-reactive ketones (excluding diaryl/α,β-unsaturated/α-hetero) is 1. The first-order valence-electron chi connectivity index (χ1n) is 15.1. The summed E-state index contributed by atoms with van der Waals surface area (Å²) in [6, 6.07) is 17.4. The van der Waals surface area contributed by atoms with Gasteiger partial charge in [-0.05, 0) is 66.0 Å². The summed E-state index contributed by atoms with van der Waals surface area (Å²) in [5.74, 6) is 2.94. The van der Waals surface area contributed by atoms with Gasteiger partial charge < -0.3 is 14.2 Å². The monoisotopic (exact) mass is 516 g/mol. The van der Waals surface area contributed by atoms with Crippen LogP contribution in [0.5, 0.6) is 0 Å². The summed E-state index contributed by atoms with van der Waals surface area (Å²) in [6.45, 7) is 6.16. The number of benzene rings is 2. The standard InChI is InChI=1S/C34H44O4/c1-22-3-9-25(10-4-22)27-13-7-24(8-14-27)19-36-31-21-38-33-30(20-37-34(31)33)32(35)29-17-15-28(16-18-29)26-11-5-23(2)6-12-26/h7-8,13-18,22-23,25-26,30-31,33-34H,3-6,9-12,19-21H2,1-2H3. The van der Waals surface area contributed by atoms with Gasteiger partial charge in [-0.25, -0.2) is 0 Å². The van der Waals surface area contributed by atoms with E-state index >= 15 is 0 Å². The van der Waals surface area contributed by atoms with Crippen molar-refractivity contribution in [1.29, 1.82) is 0 Å². The van der Waals surface area contributed by atoms with Crippen molar-refractivity contribution >= 4 is 5.78 Å². The maximum Gasteiger partial charge on any atom is 0.170 e. The molecule has 4 atom stereocenters. The van der Waals surface area contributed by atoms with E-state index in [9.17, 15) is 4.79 Å². The first kappa shape index (κ1) is 26.2. The van der Waals surface area contributed by atoms with Crippen molar-refractivity contribution in [2.45, 2.75) is 102 Å². The number of rotatable bonds is 7. The number of ether oxygens (including phenoxy) is 3. The lowest BCUT2D eigenvalue weighted by molar-refractivity contribution is -0.0396. The zero-order valence-corrected chi connectivity index (χ0v) is 23.1. The highest BCUT2D eigenvalue weighted by atomic mass is 16.6. The predicted octanol–water partition coefficient (Wildman–Crippen LogP) is 7.46. The van der Waals surface area contributed by atoms with Crippen molar-refractivity contribution in [2.75, 3.05) is 13.2 Å². The maximum atomic E-state index is 13.4. The average molecular weight is 517 g/mol. The molecule has 4 heteroatoms. The number of carbonyl (C=O) groups is 1. The Balaban J connectivity index is 1.01. The van der Waals surface area contributed by atoms with Crippen molar-refractivity contribution in [3.05, 3.63) is 70.8 Å². The van der Waals surface area contributed by atoms with Crippen molar-refractivity contribution in [2.24, 2.45) is 17.8 Å². The zero-order valence-electron chi connectivity index (χ0n) is 23.1. The molecule has 4 fully saturated rings. The number of hydrogen-bond donors (Lipinski definition) is 0. The van der Waals surface area contributed by atoms with Crippen LogP contribution in [-0.2, 0) is 20.8 Å². The molecule has 2 aliphatic heterocycles. The van der Waals surface area contributed by atoms with E-state index in [1.807, 2.05) is 12.1 Å². The molecular formula is C34H44O4. The van der Waals surface area contributed by atoms with Crippen LogP contribution in [0.15, 0.2) is 48.5 Å². The predicted molar refractivity (Wildman–Crippen MR) is 150 cm³/mol. The SMILES string of the molecule is CC1CCC(c2ccc(COC3COC4C(C(=O)c5ccc(C6CCC(C)CC6)cc5)COC34)cc2)CC1. The fourth-order valence-corrected chi connectivity index (χ4v) is 7.24. The van der Waals surface area contributed by atoms with Crippen LogP contribution in [0.3, 0.4) is 0 Å². The van der Waals surface area contributed by atoms with Crippen molar-refractivity contribution < 1.29 is 19.0 Å². The minimum atomic E-state index is -0.257. The highest BCUT2D eigenvalue weighted by Gasteiger charge is 2.50. The first-order valence-corrected chi connectivity index (χ1v) is 15.1. The molecule has 2 saturated carbocycles. The Bertz CT molecular complexity index is 1060. The van der Waals surface area contributed by atoms with E-state index in [4.69, 9.17) is 14.2 Å². The molecule has 4 nitrogen and oxygen atoms in total. The van der Waals surface area contributed by atoms with E-state index in [2.05, 4.69) is 50.2 Å². The average Bonchev–Trinajstić information content (AvgIpc) is 3.55. The van der Waals surface area contributed by atoms with Crippen LogP contribution < -0.4 is 0 Å². The summed E-state index contributed by atoms with van der Waals surface area (Å²) in [7, 11) is 0. The second-order valence-corrected chi connectivity index (χ2v) is 12.7. The second-order valence-electron chi connectivity index (χ2n) is 12.7. The molecule has 0 amide bonds. The summed E-state index contributed by atoms with van der Waals surface area (Å²) in [5.41, 5.74) is 4.79. The van der Waals surface area contributed by atoms with Crippen LogP contribution in [-0.4, -0.2) is 37.3 Å². The van der Waals surface area contributed by atoms with E-state index < -0.39 is 0 Å². The molecule has 4 aliphatic rings. The van der Waals surface area contributed by atoms with E-state index in [1.54, 1.807) is 0 Å². The molecular weight excluding hydrogens is 472 g/mol. The summed E-state index contributed by atoms with van der Waals surface area (Å²) >= 11 is 0. The lowest BCUT2D eigenvalue weighted by Gasteiger charge is -2.26. The molecule has 2 heterocycles. The molecule has 0 radical (unpaired) electrons. The lowest BCUT2D eigenvalue weighted by atomic mass is 9.79. The lowest BCUT2D eigenvalue weighted by Crippen LogP contribution is -2.33. The Labute approximate surface area is 228 Å². The van der Waals surface area contributed by atoms with Gasteiger partial charge in [0.2, 0.25) is 0 Å². The molecule has 6 rings (SSSR count). The van der Waals surface area contributed by atoms with Gasteiger partial charge in [0.15, 0.2) is 5.78 Å². The van der Waals surface area contributed by atoms with Crippen LogP contribution in [0, 0.1) is 17.8 Å². The molecule has 2 saturated heterocycles. The van der Waals surface area contributed by atoms with E-state index in [1.165, 1.54) is 68.1 Å². The Morgan fingerprint density at radius 2 is 1.24 bits per heavy atom. The minimum Gasteiger partial charge on any atom is -0.372 e. The van der Waals surface area contributed by atoms with E-state index in [0.717, 1.165) is 17.4 Å². The molecule has 2 aliphatic carbocycles. The fourth-order valence-electron chi connectivity index (χ4n) is 7.24. The Morgan fingerprint density at radius 3 is 1.82 bits per heavy atom. The summed E-state index contributed by atoms with van der Waals surface area (Å²) in [4.78, 5) is 13.4. The normalized spacial score (nSPS) is 35.2. The molecule has 204 valence electrons. The van der Waals surface area contributed by atoms with Gasteiger partial charge in [0.1, 0.15) is 12.2 Å². The van der Waals surface area contributed by atoms with Crippen molar-refractivity contribution in [3.63, 3.8) is 0 Å². The Morgan fingerprint density at radius 1 is 0.711 bits per heavy atom. The first-order chi connectivity index (χ1) is 18.5.